The normalized spacial score (nSPS) is 16.2. The number of amides is 3. The average Bonchev–Trinajstić information content (AvgIpc) is 2.85. The Labute approximate surface area is 153 Å². The molecule has 0 aromatic heterocycles. The van der Waals surface area contributed by atoms with Crippen molar-refractivity contribution < 1.29 is 18.8 Å². The summed E-state index contributed by atoms with van der Waals surface area (Å²) in [5.74, 6) is -1.07. The largest absolute Gasteiger partial charge is 0.341 e. The smallest absolute Gasteiger partial charge is 0.251 e. The van der Waals surface area contributed by atoms with Gasteiger partial charge in [-0.25, -0.2) is 4.39 Å². The number of nitrogens with zero attached hydrogens (tertiary/aromatic N) is 2. The van der Waals surface area contributed by atoms with Crippen LogP contribution in [0.4, 0.5) is 4.39 Å². The van der Waals surface area contributed by atoms with E-state index in [1.807, 2.05) is 13.8 Å². The summed E-state index contributed by atoms with van der Waals surface area (Å²) in [5.41, 5.74) is 0.309. The van der Waals surface area contributed by atoms with Gasteiger partial charge in [-0.2, -0.15) is 0 Å². The van der Waals surface area contributed by atoms with Crippen LogP contribution in [0.25, 0.3) is 0 Å². The fourth-order valence-corrected chi connectivity index (χ4v) is 2.99. The second-order valence-electron chi connectivity index (χ2n) is 6.89. The summed E-state index contributed by atoms with van der Waals surface area (Å²) in [4.78, 5) is 40.3. The van der Waals surface area contributed by atoms with Crippen LogP contribution in [0.3, 0.4) is 0 Å². The van der Waals surface area contributed by atoms with Crippen LogP contribution in [0, 0.1) is 11.7 Å². The van der Waals surface area contributed by atoms with Crippen LogP contribution in [-0.4, -0.2) is 59.7 Å². The molecule has 1 N–H and O–H groups in total. The molecule has 6 nitrogen and oxygen atoms in total. The molecule has 2 rings (SSSR count). The van der Waals surface area contributed by atoms with E-state index in [0.717, 1.165) is 0 Å². The summed E-state index contributed by atoms with van der Waals surface area (Å²) in [6.07, 6.45) is 0.710. The van der Waals surface area contributed by atoms with Crippen molar-refractivity contribution >= 4 is 17.7 Å². The van der Waals surface area contributed by atoms with Gasteiger partial charge in [-0.15, -0.1) is 0 Å². The lowest BCUT2D eigenvalue weighted by Gasteiger charge is -2.29. The molecule has 0 saturated carbocycles. The highest BCUT2D eigenvalue weighted by atomic mass is 19.1. The third-order valence-electron chi connectivity index (χ3n) is 4.58. The Hall–Kier alpha value is -2.44. The van der Waals surface area contributed by atoms with Gasteiger partial charge in [0.1, 0.15) is 11.9 Å². The molecule has 7 heteroatoms. The van der Waals surface area contributed by atoms with Gasteiger partial charge in [-0.05, 0) is 36.6 Å². The quantitative estimate of drug-likeness (QED) is 0.885. The molecule has 142 valence electrons. The minimum absolute atomic E-state index is 0.00400. The number of hydrogen-bond donors (Lipinski definition) is 1. The maximum absolute atomic E-state index is 13.0. The molecule has 0 spiro atoms. The summed E-state index contributed by atoms with van der Waals surface area (Å²) < 4.78 is 13.0. The highest BCUT2D eigenvalue weighted by Crippen LogP contribution is 2.12. The second-order valence-corrected chi connectivity index (χ2v) is 6.89. The van der Waals surface area contributed by atoms with Gasteiger partial charge in [0.25, 0.3) is 5.91 Å². The molecule has 1 heterocycles. The number of nitrogens with one attached hydrogen (secondary N) is 1. The predicted octanol–water partition coefficient (Wildman–Crippen LogP) is 1.66. The Balaban J connectivity index is 2.06. The number of carbonyl (C=O) groups excluding carboxylic acids is 3. The Bertz CT molecular complexity index is 660. The SMILES string of the molecule is CC(=O)N1CCCN(C(=O)C(NC(=O)c2ccc(F)cc2)C(C)C)CC1. The van der Waals surface area contributed by atoms with E-state index >= 15 is 0 Å². The van der Waals surface area contributed by atoms with Crippen molar-refractivity contribution in [1.82, 2.24) is 15.1 Å². The van der Waals surface area contributed by atoms with E-state index in [2.05, 4.69) is 5.32 Å². The minimum Gasteiger partial charge on any atom is -0.341 e. The number of rotatable bonds is 4. The summed E-state index contributed by atoms with van der Waals surface area (Å²) in [6, 6.07) is 4.54. The van der Waals surface area contributed by atoms with Gasteiger partial charge in [-0.3, -0.25) is 14.4 Å². The number of benzene rings is 1. The van der Waals surface area contributed by atoms with E-state index in [1.54, 1.807) is 9.80 Å². The van der Waals surface area contributed by atoms with E-state index in [1.165, 1.54) is 31.2 Å². The maximum Gasteiger partial charge on any atom is 0.251 e. The molecule has 1 atom stereocenters. The lowest BCUT2D eigenvalue weighted by Crippen LogP contribution is -2.52. The van der Waals surface area contributed by atoms with Gasteiger partial charge in [0.15, 0.2) is 0 Å². The summed E-state index contributed by atoms with van der Waals surface area (Å²) in [5, 5.41) is 2.77. The van der Waals surface area contributed by atoms with Crippen LogP contribution in [-0.2, 0) is 9.59 Å². The first-order valence-corrected chi connectivity index (χ1v) is 8.90. The molecule has 0 radical (unpaired) electrons. The molecule has 1 saturated heterocycles. The van der Waals surface area contributed by atoms with Crippen LogP contribution >= 0.6 is 0 Å². The highest BCUT2D eigenvalue weighted by Gasteiger charge is 2.30. The van der Waals surface area contributed by atoms with E-state index in [9.17, 15) is 18.8 Å². The van der Waals surface area contributed by atoms with Crippen LogP contribution < -0.4 is 5.32 Å². The van der Waals surface area contributed by atoms with Gasteiger partial charge in [-0.1, -0.05) is 13.8 Å². The molecule has 1 unspecified atom stereocenters. The molecule has 26 heavy (non-hydrogen) atoms. The standard InChI is InChI=1S/C19H26FN3O3/c1-13(2)17(21-18(25)15-5-7-16(20)8-6-15)19(26)23-10-4-9-22(11-12-23)14(3)24/h5-8,13,17H,4,9-12H2,1-3H3,(H,21,25). The third kappa shape index (κ3) is 5.03. The van der Waals surface area contributed by atoms with E-state index in [-0.39, 0.29) is 17.7 Å². The van der Waals surface area contributed by atoms with Crippen molar-refractivity contribution in [2.24, 2.45) is 5.92 Å². The molecular formula is C19H26FN3O3. The Morgan fingerprint density at radius 2 is 1.58 bits per heavy atom. The van der Waals surface area contributed by atoms with Gasteiger partial charge in [0.2, 0.25) is 11.8 Å². The van der Waals surface area contributed by atoms with Crippen molar-refractivity contribution in [2.45, 2.75) is 33.2 Å². The van der Waals surface area contributed by atoms with Crippen molar-refractivity contribution in [3.05, 3.63) is 35.6 Å². The van der Waals surface area contributed by atoms with Crippen LogP contribution in [0.2, 0.25) is 0 Å². The lowest BCUT2D eigenvalue weighted by atomic mass is 10.0. The number of halogens is 1. The highest BCUT2D eigenvalue weighted by molar-refractivity contribution is 5.97. The lowest BCUT2D eigenvalue weighted by molar-refractivity contribution is -0.135. The zero-order chi connectivity index (χ0) is 19.3. The molecular weight excluding hydrogens is 337 g/mol. The summed E-state index contributed by atoms with van der Waals surface area (Å²) >= 11 is 0. The van der Waals surface area contributed by atoms with Crippen molar-refractivity contribution in [1.29, 1.82) is 0 Å². The van der Waals surface area contributed by atoms with Crippen LogP contribution in [0.5, 0.6) is 0 Å². The third-order valence-corrected chi connectivity index (χ3v) is 4.58. The molecule has 3 amide bonds. The summed E-state index contributed by atoms with van der Waals surface area (Å²) in [6.45, 7) is 7.40. The van der Waals surface area contributed by atoms with Crippen LogP contribution in [0.15, 0.2) is 24.3 Å². The molecule has 1 aromatic rings. The fourth-order valence-electron chi connectivity index (χ4n) is 2.99. The maximum atomic E-state index is 13.0. The Morgan fingerprint density at radius 3 is 2.15 bits per heavy atom. The van der Waals surface area contributed by atoms with E-state index in [0.29, 0.717) is 38.2 Å². The van der Waals surface area contributed by atoms with Gasteiger partial charge >= 0.3 is 0 Å². The molecule has 1 aromatic carbocycles. The zero-order valence-electron chi connectivity index (χ0n) is 15.5. The van der Waals surface area contributed by atoms with Gasteiger partial charge in [0, 0.05) is 38.7 Å². The molecule has 0 bridgehead atoms. The topological polar surface area (TPSA) is 69.7 Å². The minimum atomic E-state index is -0.670. The van der Waals surface area contributed by atoms with Crippen LogP contribution in [0.1, 0.15) is 37.6 Å². The number of hydrogen-bond acceptors (Lipinski definition) is 3. The number of carbonyl (C=O) groups is 3. The van der Waals surface area contributed by atoms with Crippen molar-refractivity contribution in [3.63, 3.8) is 0 Å². The van der Waals surface area contributed by atoms with E-state index < -0.39 is 17.8 Å². The predicted molar refractivity (Wildman–Crippen MR) is 95.9 cm³/mol. The van der Waals surface area contributed by atoms with E-state index in [4.69, 9.17) is 0 Å². The first kappa shape index (κ1) is 19.9. The molecule has 1 fully saturated rings. The average molecular weight is 363 g/mol. The second kappa shape index (κ2) is 8.78. The zero-order valence-corrected chi connectivity index (χ0v) is 15.5. The monoisotopic (exact) mass is 363 g/mol. The van der Waals surface area contributed by atoms with Gasteiger partial charge in [0.05, 0.1) is 0 Å². The first-order chi connectivity index (χ1) is 12.3. The fraction of sp³-hybridized carbons (Fsp3) is 0.526. The first-order valence-electron chi connectivity index (χ1n) is 8.90. The molecule has 1 aliphatic heterocycles. The van der Waals surface area contributed by atoms with Gasteiger partial charge < -0.3 is 15.1 Å². The summed E-state index contributed by atoms with van der Waals surface area (Å²) in [7, 11) is 0. The Morgan fingerprint density at radius 1 is 1.00 bits per heavy atom. The van der Waals surface area contributed by atoms with Crippen molar-refractivity contribution in [3.8, 4) is 0 Å². The molecule has 0 aliphatic carbocycles. The Kier molecular flexibility index (Phi) is 6.71. The molecule has 1 aliphatic rings. The van der Waals surface area contributed by atoms with Crippen molar-refractivity contribution in [2.75, 3.05) is 26.2 Å².